The molecular weight excluding hydrogens is 314 g/mol. The van der Waals surface area contributed by atoms with Crippen LogP contribution in [0.2, 0.25) is 0 Å². The van der Waals surface area contributed by atoms with Gasteiger partial charge in [0.2, 0.25) is 5.91 Å². The lowest BCUT2D eigenvalue weighted by atomic mass is 10.1. The lowest BCUT2D eigenvalue weighted by Gasteiger charge is -2.15. The minimum atomic E-state index is -0.0293. The molecule has 0 spiro atoms. The van der Waals surface area contributed by atoms with Gasteiger partial charge in [-0.3, -0.25) is 4.79 Å². The van der Waals surface area contributed by atoms with E-state index in [1.54, 1.807) is 0 Å². The van der Waals surface area contributed by atoms with E-state index in [4.69, 9.17) is 9.47 Å². The SMILES string of the molecule is CCOc1ccc(COc2ccc(CC)cc2C)c(NC(=O)CC)c1. The van der Waals surface area contributed by atoms with Crippen LogP contribution in [0, 0.1) is 6.92 Å². The standard InChI is InChI=1S/C21H27NO3/c1-5-16-8-11-20(15(4)12-16)25-14-17-9-10-18(24-7-3)13-19(17)22-21(23)6-2/h8-13H,5-7,14H2,1-4H3,(H,22,23). The molecule has 1 amide bonds. The average molecular weight is 341 g/mol. The fourth-order valence-electron chi connectivity index (χ4n) is 2.54. The second kappa shape index (κ2) is 9.11. The van der Waals surface area contributed by atoms with Crippen molar-refractivity contribution < 1.29 is 14.3 Å². The van der Waals surface area contributed by atoms with Gasteiger partial charge in [-0.05, 0) is 49.6 Å². The third-order valence-electron chi connectivity index (χ3n) is 4.02. The predicted octanol–water partition coefficient (Wildman–Crippen LogP) is 4.88. The Morgan fingerprint density at radius 3 is 2.48 bits per heavy atom. The summed E-state index contributed by atoms with van der Waals surface area (Å²) in [7, 11) is 0. The maximum absolute atomic E-state index is 11.8. The van der Waals surface area contributed by atoms with Gasteiger partial charge >= 0.3 is 0 Å². The average Bonchev–Trinajstić information content (AvgIpc) is 2.62. The minimum absolute atomic E-state index is 0.0293. The Morgan fingerprint density at radius 1 is 1.04 bits per heavy atom. The van der Waals surface area contributed by atoms with Crippen LogP contribution in [0.3, 0.4) is 0 Å². The van der Waals surface area contributed by atoms with Crippen LogP contribution in [0.4, 0.5) is 5.69 Å². The molecule has 0 aliphatic carbocycles. The summed E-state index contributed by atoms with van der Waals surface area (Å²) in [5.74, 6) is 1.57. The molecule has 0 saturated carbocycles. The molecule has 4 nitrogen and oxygen atoms in total. The molecule has 0 unspecified atom stereocenters. The zero-order valence-electron chi connectivity index (χ0n) is 15.5. The van der Waals surface area contributed by atoms with Crippen LogP contribution in [0.5, 0.6) is 11.5 Å². The van der Waals surface area contributed by atoms with Crippen molar-refractivity contribution >= 4 is 11.6 Å². The molecule has 4 heteroatoms. The second-order valence-electron chi connectivity index (χ2n) is 5.90. The number of benzene rings is 2. The first-order valence-electron chi connectivity index (χ1n) is 8.85. The number of aryl methyl sites for hydroxylation is 2. The number of carbonyl (C=O) groups is 1. The van der Waals surface area contributed by atoms with Crippen molar-refractivity contribution in [2.24, 2.45) is 0 Å². The number of hydrogen-bond donors (Lipinski definition) is 1. The highest BCUT2D eigenvalue weighted by Gasteiger charge is 2.09. The monoisotopic (exact) mass is 341 g/mol. The molecule has 0 radical (unpaired) electrons. The fraction of sp³-hybridized carbons (Fsp3) is 0.381. The molecule has 0 bridgehead atoms. The molecule has 134 valence electrons. The number of hydrogen-bond acceptors (Lipinski definition) is 3. The Kier molecular flexibility index (Phi) is 6.87. The molecule has 0 heterocycles. The summed E-state index contributed by atoms with van der Waals surface area (Å²) in [6.45, 7) is 8.92. The van der Waals surface area contributed by atoms with Crippen molar-refractivity contribution in [3.63, 3.8) is 0 Å². The summed E-state index contributed by atoms with van der Waals surface area (Å²) in [4.78, 5) is 11.8. The van der Waals surface area contributed by atoms with Crippen molar-refractivity contribution in [1.82, 2.24) is 0 Å². The molecule has 0 aliphatic heterocycles. The summed E-state index contributed by atoms with van der Waals surface area (Å²) >= 11 is 0. The molecule has 25 heavy (non-hydrogen) atoms. The van der Waals surface area contributed by atoms with Crippen molar-refractivity contribution in [2.75, 3.05) is 11.9 Å². The van der Waals surface area contributed by atoms with E-state index in [0.29, 0.717) is 19.6 Å². The van der Waals surface area contributed by atoms with Gasteiger partial charge in [-0.1, -0.05) is 26.0 Å². The van der Waals surface area contributed by atoms with Gasteiger partial charge in [0.1, 0.15) is 18.1 Å². The maximum Gasteiger partial charge on any atom is 0.224 e. The van der Waals surface area contributed by atoms with Gasteiger partial charge in [0, 0.05) is 18.1 Å². The van der Waals surface area contributed by atoms with Gasteiger partial charge in [-0.25, -0.2) is 0 Å². The third kappa shape index (κ3) is 5.24. The molecule has 0 fully saturated rings. The third-order valence-corrected chi connectivity index (χ3v) is 4.02. The number of ether oxygens (including phenoxy) is 2. The topological polar surface area (TPSA) is 47.6 Å². The van der Waals surface area contributed by atoms with Gasteiger partial charge < -0.3 is 14.8 Å². The van der Waals surface area contributed by atoms with Crippen LogP contribution in [0.1, 0.15) is 43.9 Å². The summed E-state index contributed by atoms with van der Waals surface area (Å²) < 4.78 is 11.5. The van der Waals surface area contributed by atoms with E-state index in [1.165, 1.54) is 5.56 Å². The Morgan fingerprint density at radius 2 is 1.84 bits per heavy atom. The first kappa shape index (κ1) is 18.8. The van der Waals surface area contributed by atoms with Gasteiger partial charge in [0.05, 0.1) is 12.3 Å². The van der Waals surface area contributed by atoms with Crippen LogP contribution in [0.25, 0.3) is 0 Å². The van der Waals surface area contributed by atoms with Crippen LogP contribution in [-0.4, -0.2) is 12.5 Å². The highest BCUT2D eigenvalue weighted by molar-refractivity contribution is 5.91. The number of amides is 1. The Labute approximate surface area is 150 Å². The van der Waals surface area contributed by atoms with Crippen molar-refractivity contribution in [3.8, 4) is 11.5 Å². The van der Waals surface area contributed by atoms with E-state index >= 15 is 0 Å². The Balaban J connectivity index is 2.18. The zero-order valence-corrected chi connectivity index (χ0v) is 15.5. The Bertz CT molecular complexity index is 725. The zero-order chi connectivity index (χ0) is 18.2. The largest absolute Gasteiger partial charge is 0.494 e. The number of carbonyl (C=O) groups excluding carboxylic acids is 1. The maximum atomic E-state index is 11.8. The second-order valence-corrected chi connectivity index (χ2v) is 5.90. The number of anilines is 1. The quantitative estimate of drug-likeness (QED) is 0.744. The molecule has 0 saturated heterocycles. The molecule has 0 aliphatic rings. The molecule has 2 rings (SSSR count). The van der Waals surface area contributed by atoms with Crippen LogP contribution < -0.4 is 14.8 Å². The van der Waals surface area contributed by atoms with E-state index in [0.717, 1.165) is 34.7 Å². The molecule has 1 N–H and O–H groups in total. The van der Waals surface area contributed by atoms with Crippen LogP contribution in [0.15, 0.2) is 36.4 Å². The number of nitrogens with one attached hydrogen (secondary N) is 1. The molecular formula is C21H27NO3. The highest BCUT2D eigenvalue weighted by Crippen LogP contribution is 2.26. The van der Waals surface area contributed by atoms with E-state index in [9.17, 15) is 4.79 Å². The van der Waals surface area contributed by atoms with Crippen molar-refractivity contribution in [3.05, 3.63) is 53.1 Å². The fourth-order valence-corrected chi connectivity index (χ4v) is 2.54. The lowest BCUT2D eigenvalue weighted by Crippen LogP contribution is -2.12. The molecule has 0 aromatic heterocycles. The first-order valence-corrected chi connectivity index (χ1v) is 8.85. The molecule has 2 aromatic rings. The number of rotatable bonds is 8. The van der Waals surface area contributed by atoms with E-state index in [1.807, 2.05) is 45.0 Å². The summed E-state index contributed by atoms with van der Waals surface area (Å²) in [6.07, 6.45) is 1.43. The smallest absolute Gasteiger partial charge is 0.224 e. The van der Waals surface area contributed by atoms with Crippen LogP contribution >= 0.6 is 0 Å². The summed E-state index contributed by atoms with van der Waals surface area (Å²) in [5.41, 5.74) is 4.07. The van der Waals surface area contributed by atoms with Crippen LogP contribution in [-0.2, 0) is 17.8 Å². The van der Waals surface area contributed by atoms with Gasteiger partial charge in [-0.2, -0.15) is 0 Å². The van der Waals surface area contributed by atoms with E-state index in [2.05, 4.69) is 24.4 Å². The lowest BCUT2D eigenvalue weighted by molar-refractivity contribution is -0.115. The van der Waals surface area contributed by atoms with Crippen molar-refractivity contribution in [2.45, 2.75) is 47.1 Å². The minimum Gasteiger partial charge on any atom is -0.494 e. The highest BCUT2D eigenvalue weighted by atomic mass is 16.5. The summed E-state index contributed by atoms with van der Waals surface area (Å²) in [6, 6.07) is 11.9. The van der Waals surface area contributed by atoms with E-state index < -0.39 is 0 Å². The van der Waals surface area contributed by atoms with Gasteiger partial charge in [0.25, 0.3) is 0 Å². The normalized spacial score (nSPS) is 10.4. The van der Waals surface area contributed by atoms with Gasteiger partial charge in [-0.15, -0.1) is 0 Å². The van der Waals surface area contributed by atoms with Crippen molar-refractivity contribution in [1.29, 1.82) is 0 Å². The molecule has 2 aromatic carbocycles. The summed E-state index contributed by atoms with van der Waals surface area (Å²) in [5, 5.41) is 2.93. The Hall–Kier alpha value is -2.49. The predicted molar refractivity (Wildman–Crippen MR) is 101 cm³/mol. The van der Waals surface area contributed by atoms with E-state index in [-0.39, 0.29) is 5.91 Å². The van der Waals surface area contributed by atoms with Gasteiger partial charge in [0.15, 0.2) is 0 Å². The molecule has 0 atom stereocenters. The first-order chi connectivity index (χ1) is 12.1.